The van der Waals surface area contributed by atoms with E-state index in [1.807, 2.05) is 12.1 Å². The van der Waals surface area contributed by atoms with E-state index in [0.29, 0.717) is 5.41 Å². The summed E-state index contributed by atoms with van der Waals surface area (Å²) < 4.78 is 5.20. The van der Waals surface area contributed by atoms with Gasteiger partial charge in [0.2, 0.25) is 0 Å². The van der Waals surface area contributed by atoms with Gasteiger partial charge < -0.3 is 10.1 Å². The highest BCUT2D eigenvalue weighted by Gasteiger charge is 2.32. The van der Waals surface area contributed by atoms with Crippen molar-refractivity contribution in [1.82, 2.24) is 5.32 Å². The van der Waals surface area contributed by atoms with Crippen molar-refractivity contribution in [2.75, 3.05) is 19.8 Å². The summed E-state index contributed by atoms with van der Waals surface area (Å²) >= 11 is 5.81. The molecule has 1 fully saturated rings. The molecule has 0 bridgehead atoms. The SMILES string of the molecule is CC1(CNCc2ccc(Cl)cc2)COC1. The van der Waals surface area contributed by atoms with Crippen molar-refractivity contribution >= 4 is 11.6 Å². The molecule has 1 aliphatic rings. The van der Waals surface area contributed by atoms with E-state index in [4.69, 9.17) is 16.3 Å². The van der Waals surface area contributed by atoms with Gasteiger partial charge in [-0.15, -0.1) is 0 Å². The van der Waals surface area contributed by atoms with E-state index in [2.05, 4.69) is 24.4 Å². The van der Waals surface area contributed by atoms with E-state index < -0.39 is 0 Å². The summed E-state index contributed by atoms with van der Waals surface area (Å²) in [6.45, 7) is 5.90. The summed E-state index contributed by atoms with van der Waals surface area (Å²) in [6.07, 6.45) is 0. The Morgan fingerprint density at radius 2 is 2.00 bits per heavy atom. The van der Waals surface area contributed by atoms with Crippen molar-refractivity contribution < 1.29 is 4.74 Å². The van der Waals surface area contributed by atoms with E-state index in [-0.39, 0.29) is 0 Å². The Hall–Kier alpha value is -0.570. The van der Waals surface area contributed by atoms with Crippen LogP contribution in [-0.4, -0.2) is 19.8 Å². The fourth-order valence-corrected chi connectivity index (χ4v) is 1.79. The van der Waals surface area contributed by atoms with Crippen LogP contribution in [0.3, 0.4) is 0 Å². The lowest BCUT2D eigenvalue weighted by molar-refractivity contribution is -0.0991. The highest BCUT2D eigenvalue weighted by molar-refractivity contribution is 6.30. The Morgan fingerprint density at radius 3 is 2.53 bits per heavy atom. The van der Waals surface area contributed by atoms with Crippen molar-refractivity contribution in [3.63, 3.8) is 0 Å². The molecule has 15 heavy (non-hydrogen) atoms. The predicted octanol–water partition coefficient (Wildman–Crippen LogP) is 2.47. The lowest BCUT2D eigenvalue weighted by atomic mass is 9.89. The molecule has 1 N–H and O–H groups in total. The number of nitrogens with one attached hydrogen (secondary N) is 1. The van der Waals surface area contributed by atoms with E-state index >= 15 is 0 Å². The van der Waals surface area contributed by atoms with Crippen LogP contribution in [0, 0.1) is 5.41 Å². The van der Waals surface area contributed by atoms with Crippen molar-refractivity contribution in [2.45, 2.75) is 13.5 Å². The molecule has 2 nitrogen and oxygen atoms in total. The topological polar surface area (TPSA) is 21.3 Å². The average molecular weight is 226 g/mol. The Morgan fingerprint density at radius 1 is 1.33 bits per heavy atom. The molecule has 1 aromatic rings. The van der Waals surface area contributed by atoms with Gasteiger partial charge in [0.1, 0.15) is 0 Å². The maximum atomic E-state index is 5.81. The van der Waals surface area contributed by atoms with E-state index in [9.17, 15) is 0 Å². The average Bonchev–Trinajstić information content (AvgIpc) is 2.19. The molecule has 3 heteroatoms. The second-order valence-electron chi connectivity index (χ2n) is 4.53. The molecule has 0 aliphatic carbocycles. The molecule has 82 valence electrons. The minimum absolute atomic E-state index is 0.340. The molecule has 2 rings (SSSR count). The zero-order chi connectivity index (χ0) is 10.7. The van der Waals surface area contributed by atoms with Gasteiger partial charge in [0, 0.05) is 23.5 Å². The van der Waals surface area contributed by atoms with Crippen molar-refractivity contribution in [2.24, 2.45) is 5.41 Å². The number of hydrogen-bond donors (Lipinski definition) is 1. The van der Waals surface area contributed by atoms with Crippen molar-refractivity contribution in [3.8, 4) is 0 Å². The van der Waals surface area contributed by atoms with Gasteiger partial charge in [-0.3, -0.25) is 0 Å². The first-order valence-electron chi connectivity index (χ1n) is 5.21. The van der Waals surface area contributed by atoms with Crippen molar-refractivity contribution in [1.29, 1.82) is 0 Å². The molecule has 0 saturated carbocycles. The smallest absolute Gasteiger partial charge is 0.0554 e. The van der Waals surface area contributed by atoms with Crippen LogP contribution < -0.4 is 5.32 Å². The molecule has 1 saturated heterocycles. The van der Waals surface area contributed by atoms with Crippen LogP contribution >= 0.6 is 11.6 Å². The number of hydrogen-bond acceptors (Lipinski definition) is 2. The molecule has 0 atom stereocenters. The number of rotatable bonds is 4. The first-order valence-corrected chi connectivity index (χ1v) is 5.59. The summed E-state index contributed by atoms with van der Waals surface area (Å²) in [5.74, 6) is 0. The Balaban J connectivity index is 1.76. The first kappa shape index (κ1) is 10.9. The fraction of sp³-hybridized carbons (Fsp3) is 0.500. The zero-order valence-electron chi connectivity index (χ0n) is 8.92. The van der Waals surface area contributed by atoms with Gasteiger partial charge in [-0.2, -0.15) is 0 Å². The molecule has 0 radical (unpaired) electrons. The van der Waals surface area contributed by atoms with Crippen LogP contribution in [0.5, 0.6) is 0 Å². The molecule has 1 heterocycles. The summed E-state index contributed by atoms with van der Waals surface area (Å²) in [4.78, 5) is 0. The second-order valence-corrected chi connectivity index (χ2v) is 4.97. The summed E-state index contributed by atoms with van der Waals surface area (Å²) in [5, 5.41) is 4.23. The highest BCUT2D eigenvalue weighted by Crippen LogP contribution is 2.25. The lowest BCUT2D eigenvalue weighted by Gasteiger charge is -2.38. The van der Waals surface area contributed by atoms with Crippen LogP contribution in [-0.2, 0) is 11.3 Å². The molecule has 0 amide bonds. The fourth-order valence-electron chi connectivity index (χ4n) is 1.66. The number of benzene rings is 1. The molecule has 0 unspecified atom stereocenters. The van der Waals surface area contributed by atoms with E-state index in [1.54, 1.807) is 0 Å². The quantitative estimate of drug-likeness (QED) is 0.850. The van der Waals surface area contributed by atoms with Crippen molar-refractivity contribution in [3.05, 3.63) is 34.9 Å². The van der Waals surface area contributed by atoms with E-state index in [0.717, 1.165) is 31.3 Å². The third kappa shape index (κ3) is 2.94. The molecule has 1 aliphatic heterocycles. The summed E-state index contributed by atoms with van der Waals surface area (Å²) in [6, 6.07) is 7.95. The van der Waals surface area contributed by atoms with E-state index in [1.165, 1.54) is 5.56 Å². The molecule has 0 spiro atoms. The van der Waals surface area contributed by atoms with Crippen LogP contribution in [0.25, 0.3) is 0 Å². The Kier molecular flexibility index (Phi) is 3.29. The second kappa shape index (κ2) is 4.52. The Labute approximate surface area is 95.6 Å². The van der Waals surface area contributed by atoms with Gasteiger partial charge in [0.15, 0.2) is 0 Å². The van der Waals surface area contributed by atoms with Crippen LogP contribution in [0.1, 0.15) is 12.5 Å². The number of halogens is 1. The standard InChI is InChI=1S/C12H16ClNO/c1-12(8-15-9-12)7-14-6-10-2-4-11(13)5-3-10/h2-5,14H,6-9H2,1H3. The summed E-state index contributed by atoms with van der Waals surface area (Å²) in [5.41, 5.74) is 1.61. The minimum Gasteiger partial charge on any atom is -0.380 e. The first-order chi connectivity index (χ1) is 7.18. The zero-order valence-corrected chi connectivity index (χ0v) is 9.68. The van der Waals surface area contributed by atoms with Gasteiger partial charge in [0.25, 0.3) is 0 Å². The van der Waals surface area contributed by atoms with Crippen LogP contribution in [0.4, 0.5) is 0 Å². The minimum atomic E-state index is 0.340. The van der Waals surface area contributed by atoms with Gasteiger partial charge in [-0.05, 0) is 17.7 Å². The third-order valence-corrected chi connectivity index (χ3v) is 2.95. The third-order valence-electron chi connectivity index (χ3n) is 2.70. The normalized spacial score (nSPS) is 18.5. The summed E-state index contributed by atoms with van der Waals surface area (Å²) in [7, 11) is 0. The molecular formula is C12H16ClNO. The highest BCUT2D eigenvalue weighted by atomic mass is 35.5. The van der Waals surface area contributed by atoms with Crippen LogP contribution in [0.15, 0.2) is 24.3 Å². The van der Waals surface area contributed by atoms with Gasteiger partial charge in [-0.25, -0.2) is 0 Å². The monoisotopic (exact) mass is 225 g/mol. The van der Waals surface area contributed by atoms with Gasteiger partial charge >= 0.3 is 0 Å². The molecule has 1 aromatic carbocycles. The number of ether oxygens (including phenoxy) is 1. The predicted molar refractivity (Wildman–Crippen MR) is 62.1 cm³/mol. The van der Waals surface area contributed by atoms with Gasteiger partial charge in [0.05, 0.1) is 13.2 Å². The maximum absolute atomic E-state index is 5.81. The lowest BCUT2D eigenvalue weighted by Crippen LogP contribution is -2.47. The molecule has 0 aromatic heterocycles. The van der Waals surface area contributed by atoms with Crippen LogP contribution in [0.2, 0.25) is 5.02 Å². The Bertz CT molecular complexity index is 319. The molecular weight excluding hydrogens is 210 g/mol. The largest absolute Gasteiger partial charge is 0.380 e. The van der Waals surface area contributed by atoms with Gasteiger partial charge in [-0.1, -0.05) is 30.7 Å². The maximum Gasteiger partial charge on any atom is 0.0554 e.